The molecule has 2 amide bonds. The lowest BCUT2D eigenvalue weighted by atomic mass is 10.2. The van der Waals surface area contributed by atoms with E-state index in [9.17, 15) is 14.0 Å². The van der Waals surface area contributed by atoms with Crippen LogP contribution >= 0.6 is 0 Å². The number of amides is 2. The molecule has 6 nitrogen and oxygen atoms in total. The molecule has 1 aromatic carbocycles. The molecular formula is C18H21FN4O2. The number of rotatable bonds is 8. The van der Waals surface area contributed by atoms with Crippen LogP contribution in [0, 0.1) is 17.1 Å². The number of hydrogen-bond acceptors (Lipinski definition) is 4. The summed E-state index contributed by atoms with van der Waals surface area (Å²) in [4.78, 5) is 25.2. The highest BCUT2D eigenvalue weighted by Crippen LogP contribution is 2.09. The molecule has 2 rings (SSSR count). The van der Waals surface area contributed by atoms with Crippen LogP contribution in [0.1, 0.15) is 24.8 Å². The summed E-state index contributed by atoms with van der Waals surface area (Å²) < 4.78 is 13.5. The Hall–Kier alpha value is -2.88. The Bertz CT molecular complexity index is 697. The second-order valence-electron chi connectivity index (χ2n) is 5.74. The SMILES string of the molecule is N#C/C(=C/NCc1ccccc1F)C(=O)NCCCN1CCCC1=O. The van der Waals surface area contributed by atoms with Gasteiger partial charge in [-0.05, 0) is 18.9 Å². The van der Waals surface area contributed by atoms with Crippen molar-refractivity contribution in [3.05, 3.63) is 47.4 Å². The monoisotopic (exact) mass is 344 g/mol. The molecule has 1 fully saturated rings. The van der Waals surface area contributed by atoms with Crippen molar-refractivity contribution in [1.82, 2.24) is 15.5 Å². The quantitative estimate of drug-likeness (QED) is 0.425. The zero-order valence-corrected chi connectivity index (χ0v) is 13.9. The fourth-order valence-corrected chi connectivity index (χ4v) is 2.56. The molecule has 0 unspecified atom stereocenters. The highest BCUT2D eigenvalue weighted by molar-refractivity contribution is 5.97. The first kappa shape index (κ1) is 18.5. The third-order valence-corrected chi connectivity index (χ3v) is 3.92. The summed E-state index contributed by atoms with van der Waals surface area (Å²) in [5.74, 6) is -0.680. The Morgan fingerprint density at radius 1 is 1.40 bits per heavy atom. The molecular weight excluding hydrogens is 323 g/mol. The van der Waals surface area contributed by atoms with Gasteiger partial charge in [-0.25, -0.2) is 4.39 Å². The molecule has 0 radical (unpaired) electrons. The highest BCUT2D eigenvalue weighted by atomic mass is 19.1. The maximum absolute atomic E-state index is 13.5. The number of nitrogens with one attached hydrogen (secondary N) is 2. The molecule has 0 saturated carbocycles. The van der Waals surface area contributed by atoms with E-state index in [1.165, 1.54) is 12.3 Å². The van der Waals surface area contributed by atoms with Crippen LogP contribution in [0.5, 0.6) is 0 Å². The summed E-state index contributed by atoms with van der Waals surface area (Å²) in [5.41, 5.74) is 0.375. The maximum Gasteiger partial charge on any atom is 0.263 e. The molecule has 2 N–H and O–H groups in total. The van der Waals surface area contributed by atoms with Gasteiger partial charge in [0.1, 0.15) is 17.5 Å². The van der Waals surface area contributed by atoms with Gasteiger partial charge in [0.05, 0.1) is 0 Å². The van der Waals surface area contributed by atoms with Gasteiger partial charge in [-0.3, -0.25) is 9.59 Å². The van der Waals surface area contributed by atoms with Crippen molar-refractivity contribution in [3.63, 3.8) is 0 Å². The van der Waals surface area contributed by atoms with Crippen LogP contribution in [0.15, 0.2) is 36.0 Å². The molecule has 1 saturated heterocycles. The number of halogens is 1. The van der Waals surface area contributed by atoms with Crippen LogP contribution in [-0.2, 0) is 16.1 Å². The van der Waals surface area contributed by atoms with E-state index in [1.807, 2.05) is 6.07 Å². The van der Waals surface area contributed by atoms with Gasteiger partial charge in [-0.1, -0.05) is 18.2 Å². The van der Waals surface area contributed by atoms with Crippen molar-refractivity contribution in [2.45, 2.75) is 25.8 Å². The van der Waals surface area contributed by atoms with Crippen LogP contribution in [0.4, 0.5) is 4.39 Å². The van der Waals surface area contributed by atoms with Gasteiger partial charge in [0.15, 0.2) is 0 Å². The predicted molar refractivity (Wildman–Crippen MR) is 90.4 cm³/mol. The summed E-state index contributed by atoms with van der Waals surface area (Å²) in [6, 6.07) is 8.11. The van der Waals surface area contributed by atoms with Crippen molar-refractivity contribution >= 4 is 11.8 Å². The lowest BCUT2D eigenvalue weighted by Gasteiger charge is -2.15. The zero-order chi connectivity index (χ0) is 18.1. The van der Waals surface area contributed by atoms with Gasteiger partial charge in [0.2, 0.25) is 5.91 Å². The van der Waals surface area contributed by atoms with Crippen molar-refractivity contribution in [3.8, 4) is 6.07 Å². The van der Waals surface area contributed by atoms with Gasteiger partial charge in [0.25, 0.3) is 5.91 Å². The highest BCUT2D eigenvalue weighted by Gasteiger charge is 2.19. The average molecular weight is 344 g/mol. The first-order valence-electron chi connectivity index (χ1n) is 8.25. The third-order valence-electron chi connectivity index (χ3n) is 3.92. The Labute approximate surface area is 146 Å². The lowest BCUT2D eigenvalue weighted by Crippen LogP contribution is -2.31. The van der Waals surface area contributed by atoms with E-state index in [0.717, 1.165) is 13.0 Å². The van der Waals surface area contributed by atoms with Crippen molar-refractivity contribution in [1.29, 1.82) is 5.26 Å². The van der Waals surface area contributed by atoms with Gasteiger partial charge in [-0.2, -0.15) is 5.26 Å². The molecule has 0 bridgehead atoms. The number of likely N-dealkylation sites (tertiary alicyclic amines) is 1. The molecule has 25 heavy (non-hydrogen) atoms. The first-order valence-corrected chi connectivity index (χ1v) is 8.25. The Balaban J connectivity index is 1.73. The van der Waals surface area contributed by atoms with Crippen molar-refractivity contribution < 1.29 is 14.0 Å². The Morgan fingerprint density at radius 3 is 2.88 bits per heavy atom. The Morgan fingerprint density at radius 2 is 2.20 bits per heavy atom. The molecule has 0 aromatic heterocycles. The molecule has 1 aromatic rings. The van der Waals surface area contributed by atoms with Crippen molar-refractivity contribution in [2.24, 2.45) is 0 Å². The van der Waals surface area contributed by atoms with Crippen LogP contribution < -0.4 is 10.6 Å². The standard InChI is InChI=1S/C18H21FN4O2/c19-16-6-2-1-5-14(16)12-21-13-15(11-20)18(25)22-8-4-10-23-9-3-7-17(23)24/h1-2,5-6,13,21H,3-4,7-10,12H2,(H,22,25)/b15-13-. The molecule has 7 heteroatoms. The van der Waals surface area contributed by atoms with Crippen LogP contribution in [0.2, 0.25) is 0 Å². The topological polar surface area (TPSA) is 85.2 Å². The molecule has 0 atom stereocenters. The molecule has 0 aliphatic carbocycles. The van der Waals surface area contributed by atoms with E-state index in [2.05, 4.69) is 10.6 Å². The lowest BCUT2D eigenvalue weighted by molar-refractivity contribution is -0.127. The van der Waals surface area contributed by atoms with E-state index < -0.39 is 5.91 Å². The second kappa shape index (κ2) is 9.42. The normalized spacial score (nSPS) is 14.3. The largest absolute Gasteiger partial charge is 0.385 e. The summed E-state index contributed by atoms with van der Waals surface area (Å²) >= 11 is 0. The average Bonchev–Trinajstić information content (AvgIpc) is 3.02. The summed E-state index contributed by atoms with van der Waals surface area (Å²) in [7, 11) is 0. The van der Waals surface area contributed by atoms with Gasteiger partial charge in [-0.15, -0.1) is 0 Å². The number of nitriles is 1. The van der Waals surface area contributed by atoms with Crippen LogP contribution in [0.25, 0.3) is 0 Å². The van der Waals surface area contributed by atoms with E-state index in [0.29, 0.717) is 31.5 Å². The second-order valence-corrected chi connectivity index (χ2v) is 5.74. The van der Waals surface area contributed by atoms with Crippen LogP contribution in [0.3, 0.4) is 0 Å². The summed E-state index contributed by atoms with van der Waals surface area (Å²) in [5, 5.41) is 14.5. The number of carbonyl (C=O) groups is 2. The summed E-state index contributed by atoms with van der Waals surface area (Å²) in [6.45, 7) is 1.95. The smallest absolute Gasteiger partial charge is 0.263 e. The number of benzene rings is 1. The van der Waals surface area contributed by atoms with E-state index in [4.69, 9.17) is 5.26 Å². The number of nitrogens with zero attached hydrogens (tertiary/aromatic N) is 2. The molecule has 1 aliphatic rings. The molecule has 132 valence electrons. The fraction of sp³-hybridized carbons (Fsp3) is 0.389. The molecule has 0 spiro atoms. The van der Waals surface area contributed by atoms with Gasteiger partial charge < -0.3 is 15.5 Å². The number of hydrogen-bond donors (Lipinski definition) is 2. The molecule has 1 heterocycles. The number of carbonyl (C=O) groups excluding carboxylic acids is 2. The van der Waals surface area contributed by atoms with Gasteiger partial charge in [0, 0.05) is 44.4 Å². The zero-order valence-electron chi connectivity index (χ0n) is 13.9. The van der Waals surface area contributed by atoms with Crippen molar-refractivity contribution in [2.75, 3.05) is 19.6 Å². The van der Waals surface area contributed by atoms with E-state index in [1.54, 1.807) is 23.1 Å². The summed E-state index contributed by atoms with van der Waals surface area (Å²) in [6.07, 6.45) is 3.41. The Kier molecular flexibility index (Phi) is 6.96. The maximum atomic E-state index is 13.5. The predicted octanol–water partition coefficient (Wildman–Crippen LogP) is 1.45. The fourth-order valence-electron chi connectivity index (χ4n) is 2.56. The minimum atomic E-state index is -0.490. The van der Waals surface area contributed by atoms with E-state index in [-0.39, 0.29) is 23.8 Å². The van der Waals surface area contributed by atoms with Crippen LogP contribution in [-0.4, -0.2) is 36.3 Å². The molecule has 1 aliphatic heterocycles. The third kappa shape index (κ3) is 5.60. The minimum absolute atomic E-state index is 0.0754. The van der Waals surface area contributed by atoms with Gasteiger partial charge >= 0.3 is 0 Å². The minimum Gasteiger partial charge on any atom is -0.385 e. The van der Waals surface area contributed by atoms with E-state index >= 15 is 0 Å². The first-order chi connectivity index (χ1) is 12.1.